The summed E-state index contributed by atoms with van der Waals surface area (Å²) in [5.41, 5.74) is 1.73. The predicted octanol–water partition coefficient (Wildman–Crippen LogP) is 5.62. The van der Waals surface area contributed by atoms with Gasteiger partial charge in [-0.1, -0.05) is 36.8 Å². The molecule has 0 amide bonds. The molecular formula is C23H20I2O5. The van der Waals surface area contributed by atoms with Gasteiger partial charge in [-0.3, -0.25) is 0 Å². The van der Waals surface area contributed by atoms with Crippen molar-refractivity contribution in [1.29, 1.82) is 0 Å². The molecule has 0 bridgehead atoms. The lowest BCUT2D eigenvalue weighted by Crippen LogP contribution is -2.47. The fraction of sp³-hybridized carbons (Fsp3) is 0.304. The highest BCUT2D eigenvalue weighted by atomic mass is 127. The van der Waals surface area contributed by atoms with Crippen LogP contribution in [-0.2, 0) is 25.7 Å². The number of hydrogen-bond acceptors (Lipinski definition) is 5. The van der Waals surface area contributed by atoms with Crippen LogP contribution in [0.4, 0.5) is 0 Å². The van der Waals surface area contributed by atoms with E-state index in [1.54, 1.807) is 0 Å². The van der Waals surface area contributed by atoms with Crippen molar-refractivity contribution in [3.63, 3.8) is 0 Å². The molecule has 1 heterocycles. The minimum atomic E-state index is -1.07. The molecule has 1 saturated carbocycles. The van der Waals surface area contributed by atoms with Gasteiger partial charge in [-0.2, -0.15) is 0 Å². The Morgan fingerprint density at radius 3 is 2.13 bits per heavy atom. The first-order valence-corrected chi connectivity index (χ1v) is 12.0. The minimum Gasteiger partial charge on any atom is -0.487 e. The normalized spacial score (nSPS) is 18.0. The average molecular weight is 630 g/mol. The second kappa shape index (κ2) is 9.25. The summed E-state index contributed by atoms with van der Waals surface area (Å²) in [5, 5.41) is 0. The van der Waals surface area contributed by atoms with Crippen LogP contribution in [0.2, 0.25) is 0 Å². The Morgan fingerprint density at radius 1 is 0.933 bits per heavy atom. The molecule has 1 aliphatic heterocycles. The molecule has 0 aromatic heterocycles. The Kier molecular flexibility index (Phi) is 6.66. The maximum atomic E-state index is 12.6. The van der Waals surface area contributed by atoms with Crippen molar-refractivity contribution in [3.8, 4) is 5.75 Å². The van der Waals surface area contributed by atoms with Gasteiger partial charge in [0.15, 0.2) is 0 Å². The fourth-order valence-corrected chi connectivity index (χ4v) is 5.79. The summed E-state index contributed by atoms with van der Waals surface area (Å²) in [6, 6.07) is 13.7. The number of halogens is 2. The highest BCUT2D eigenvalue weighted by Gasteiger charge is 2.46. The van der Waals surface area contributed by atoms with E-state index < -0.39 is 17.7 Å². The van der Waals surface area contributed by atoms with E-state index in [1.807, 2.05) is 42.5 Å². The zero-order chi connectivity index (χ0) is 21.1. The number of carbonyl (C=O) groups is 2. The van der Waals surface area contributed by atoms with Crippen LogP contribution < -0.4 is 4.74 Å². The van der Waals surface area contributed by atoms with Gasteiger partial charge in [0.05, 0.1) is 7.14 Å². The monoisotopic (exact) mass is 630 g/mol. The lowest BCUT2D eigenvalue weighted by molar-refractivity contribution is -0.244. The molecule has 0 unspecified atom stereocenters. The molecule has 2 aromatic carbocycles. The maximum absolute atomic E-state index is 12.6. The number of hydrogen-bond donors (Lipinski definition) is 0. The third-order valence-electron chi connectivity index (χ3n) is 5.17. The molecular weight excluding hydrogens is 610 g/mol. The van der Waals surface area contributed by atoms with E-state index in [-0.39, 0.29) is 5.57 Å². The average Bonchev–Trinajstić information content (AvgIpc) is 2.71. The van der Waals surface area contributed by atoms with Crippen LogP contribution in [0.3, 0.4) is 0 Å². The molecule has 1 spiro atoms. The third kappa shape index (κ3) is 4.82. The van der Waals surface area contributed by atoms with Crippen molar-refractivity contribution in [1.82, 2.24) is 0 Å². The van der Waals surface area contributed by atoms with Crippen LogP contribution in [-0.4, -0.2) is 17.7 Å². The summed E-state index contributed by atoms with van der Waals surface area (Å²) in [5.74, 6) is -1.51. The molecule has 1 saturated heterocycles. The van der Waals surface area contributed by atoms with Gasteiger partial charge in [-0.05, 0) is 87.4 Å². The largest absolute Gasteiger partial charge is 0.487 e. The van der Waals surface area contributed by atoms with Gasteiger partial charge in [0.2, 0.25) is 0 Å². The van der Waals surface area contributed by atoms with Gasteiger partial charge in [0.1, 0.15) is 17.9 Å². The van der Waals surface area contributed by atoms with Crippen LogP contribution >= 0.6 is 45.2 Å². The zero-order valence-corrected chi connectivity index (χ0v) is 20.5. The van der Waals surface area contributed by atoms with Crippen molar-refractivity contribution < 1.29 is 23.8 Å². The lowest BCUT2D eigenvalue weighted by Gasteiger charge is -2.38. The van der Waals surface area contributed by atoms with Crippen molar-refractivity contribution in [2.24, 2.45) is 0 Å². The Bertz CT molecular complexity index is 949. The van der Waals surface area contributed by atoms with E-state index in [0.29, 0.717) is 19.4 Å². The first kappa shape index (κ1) is 21.6. The van der Waals surface area contributed by atoms with Crippen molar-refractivity contribution in [3.05, 3.63) is 66.3 Å². The third-order valence-corrected chi connectivity index (χ3v) is 6.77. The van der Waals surface area contributed by atoms with Crippen LogP contribution in [0, 0.1) is 7.14 Å². The minimum absolute atomic E-state index is 0.0734. The van der Waals surface area contributed by atoms with Crippen molar-refractivity contribution in [2.75, 3.05) is 0 Å². The number of esters is 2. The summed E-state index contributed by atoms with van der Waals surface area (Å²) in [7, 11) is 0. The Morgan fingerprint density at radius 2 is 1.53 bits per heavy atom. The maximum Gasteiger partial charge on any atom is 0.348 e. The van der Waals surface area contributed by atoms with Gasteiger partial charge < -0.3 is 14.2 Å². The first-order valence-electron chi connectivity index (χ1n) is 9.80. The standard InChI is InChI=1S/C23H20I2O5/c24-18-12-16(13-19(25)20(18)28-14-15-7-3-1-4-8-15)11-17-21(26)29-23(30-22(17)27)9-5-2-6-10-23/h1,3-4,7-8,11-13H,2,5-6,9-10,14H2. The number of carbonyl (C=O) groups excluding carboxylic acids is 2. The molecule has 2 aromatic rings. The molecule has 0 N–H and O–H groups in total. The van der Waals surface area contributed by atoms with Crippen LogP contribution in [0.15, 0.2) is 48.0 Å². The van der Waals surface area contributed by atoms with Gasteiger partial charge in [-0.15, -0.1) is 0 Å². The highest BCUT2D eigenvalue weighted by molar-refractivity contribution is 14.1. The van der Waals surface area contributed by atoms with Gasteiger partial charge in [-0.25, -0.2) is 9.59 Å². The topological polar surface area (TPSA) is 61.8 Å². The summed E-state index contributed by atoms with van der Waals surface area (Å²) in [4.78, 5) is 25.1. The molecule has 0 radical (unpaired) electrons. The predicted molar refractivity (Wildman–Crippen MR) is 129 cm³/mol. The molecule has 2 fully saturated rings. The number of benzene rings is 2. The summed E-state index contributed by atoms with van der Waals surface area (Å²) >= 11 is 4.40. The number of rotatable bonds is 4. The molecule has 156 valence electrons. The molecule has 4 rings (SSSR count). The van der Waals surface area contributed by atoms with Crippen LogP contribution in [0.5, 0.6) is 5.75 Å². The lowest BCUT2D eigenvalue weighted by atomic mass is 9.93. The Hall–Kier alpha value is -1.62. The molecule has 2 aliphatic rings. The van der Waals surface area contributed by atoms with E-state index in [4.69, 9.17) is 14.2 Å². The van der Waals surface area contributed by atoms with Crippen LogP contribution in [0.1, 0.15) is 43.2 Å². The first-order chi connectivity index (χ1) is 14.5. The SMILES string of the molecule is O=C1OC2(CCCCC2)OC(=O)C1=Cc1cc(I)c(OCc2ccccc2)c(I)c1. The quantitative estimate of drug-likeness (QED) is 0.190. The summed E-state index contributed by atoms with van der Waals surface area (Å²) in [6.07, 6.45) is 5.52. The van der Waals surface area contributed by atoms with Gasteiger partial charge >= 0.3 is 11.9 Å². The second-order valence-corrected chi connectivity index (χ2v) is 9.72. The van der Waals surface area contributed by atoms with Gasteiger partial charge in [0, 0.05) is 12.8 Å². The molecule has 1 aliphatic carbocycles. The number of ether oxygens (including phenoxy) is 3. The summed E-state index contributed by atoms with van der Waals surface area (Å²) in [6.45, 7) is 0.466. The molecule has 7 heteroatoms. The van der Waals surface area contributed by atoms with E-state index in [2.05, 4.69) is 45.2 Å². The van der Waals surface area contributed by atoms with E-state index in [9.17, 15) is 9.59 Å². The highest BCUT2D eigenvalue weighted by Crippen LogP contribution is 2.38. The summed E-state index contributed by atoms with van der Waals surface area (Å²) < 4.78 is 18.9. The zero-order valence-electron chi connectivity index (χ0n) is 16.2. The molecule has 5 nitrogen and oxygen atoms in total. The van der Waals surface area contributed by atoms with E-state index in [1.165, 1.54) is 6.08 Å². The van der Waals surface area contributed by atoms with Crippen molar-refractivity contribution >= 4 is 63.2 Å². The Labute approximate surface area is 202 Å². The van der Waals surface area contributed by atoms with Crippen molar-refractivity contribution in [2.45, 2.75) is 44.5 Å². The van der Waals surface area contributed by atoms with E-state index in [0.717, 1.165) is 43.3 Å². The van der Waals surface area contributed by atoms with Gasteiger partial charge in [0.25, 0.3) is 5.79 Å². The fourth-order valence-electron chi connectivity index (χ4n) is 3.66. The Balaban J connectivity index is 1.52. The second-order valence-electron chi connectivity index (χ2n) is 7.40. The van der Waals surface area contributed by atoms with Crippen LogP contribution in [0.25, 0.3) is 6.08 Å². The molecule has 30 heavy (non-hydrogen) atoms. The molecule has 0 atom stereocenters. The van der Waals surface area contributed by atoms with E-state index >= 15 is 0 Å². The smallest absolute Gasteiger partial charge is 0.348 e.